The maximum atomic E-state index is 13.2. The molecule has 1 fully saturated rings. The highest BCUT2D eigenvalue weighted by molar-refractivity contribution is 9.10. The first-order valence-corrected chi connectivity index (χ1v) is 9.72. The van der Waals surface area contributed by atoms with Crippen LogP contribution >= 0.6 is 15.9 Å². The van der Waals surface area contributed by atoms with Gasteiger partial charge in [-0.15, -0.1) is 0 Å². The lowest BCUT2D eigenvalue weighted by atomic mass is 9.88. The van der Waals surface area contributed by atoms with E-state index in [1.165, 1.54) is 10.6 Å². The van der Waals surface area contributed by atoms with Crippen molar-refractivity contribution < 1.29 is 18.3 Å². The van der Waals surface area contributed by atoms with Crippen molar-refractivity contribution in [2.45, 2.75) is 31.0 Å². The van der Waals surface area contributed by atoms with Gasteiger partial charge in [0.15, 0.2) is 11.3 Å². The predicted octanol–water partition coefficient (Wildman–Crippen LogP) is 4.48. The number of anilines is 1. The van der Waals surface area contributed by atoms with Crippen LogP contribution in [0.2, 0.25) is 0 Å². The quantitative estimate of drug-likeness (QED) is 0.610. The molecule has 28 heavy (non-hydrogen) atoms. The van der Waals surface area contributed by atoms with Gasteiger partial charge in [0.2, 0.25) is 0 Å². The molecule has 1 aliphatic carbocycles. The Bertz CT molecular complexity index is 976. The number of rotatable bonds is 4. The highest BCUT2D eigenvalue weighted by atomic mass is 79.9. The van der Waals surface area contributed by atoms with E-state index >= 15 is 0 Å². The van der Waals surface area contributed by atoms with E-state index in [1.807, 2.05) is 30.3 Å². The number of hydrogen-bond acceptors (Lipinski definition) is 4. The van der Waals surface area contributed by atoms with Crippen molar-refractivity contribution in [3.63, 3.8) is 0 Å². The van der Waals surface area contributed by atoms with E-state index in [1.54, 1.807) is 0 Å². The first-order valence-electron chi connectivity index (χ1n) is 8.93. The van der Waals surface area contributed by atoms with Gasteiger partial charge in [-0.2, -0.15) is 22.8 Å². The molecule has 1 saturated carbocycles. The molecule has 2 N–H and O–H groups in total. The van der Waals surface area contributed by atoms with E-state index in [0.717, 1.165) is 18.1 Å². The standard InChI is InChI=1S/C19H18BrF3N4O/c20-16-9-18-25-15(19(21,22)23)8-17(27(18)26-16)24-10-13-12(6-7-14(13)28)11-4-2-1-3-5-11/h1-5,8-9,12-14,24,28H,6-7,10H2. The highest BCUT2D eigenvalue weighted by Gasteiger charge is 2.37. The van der Waals surface area contributed by atoms with Crippen molar-refractivity contribution in [1.82, 2.24) is 14.6 Å². The number of hydrogen-bond donors (Lipinski definition) is 2. The van der Waals surface area contributed by atoms with Gasteiger partial charge in [0.05, 0.1) is 6.10 Å². The first-order chi connectivity index (χ1) is 13.3. The maximum Gasteiger partial charge on any atom is 0.433 e. The van der Waals surface area contributed by atoms with E-state index in [0.29, 0.717) is 17.6 Å². The van der Waals surface area contributed by atoms with Gasteiger partial charge >= 0.3 is 6.18 Å². The van der Waals surface area contributed by atoms with Gasteiger partial charge in [0.1, 0.15) is 10.4 Å². The Labute approximate surface area is 167 Å². The fourth-order valence-corrected chi connectivity index (χ4v) is 4.24. The molecule has 0 saturated heterocycles. The van der Waals surface area contributed by atoms with Crippen LogP contribution in [0.5, 0.6) is 0 Å². The summed E-state index contributed by atoms with van der Waals surface area (Å²) in [6.07, 6.45) is -3.57. The number of nitrogens with zero attached hydrogens (tertiary/aromatic N) is 3. The van der Waals surface area contributed by atoms with Crippen LogP contribution in [0.1, 0.15) is 30.0 Å². The Morgan fingerprint density at radius 2 is 1.93 bits per heavy atom. The number of fused-ring (bicyclic) bond motifs is 1. The molecule has 2 heterocycles. The van der Waals surface area contributed by atoms with Crippen molar-refractivity contribution in [2.75, 3.05) is 11.9 Å². The topological polar surface area (TPSA) is 62.5 Å². The van der Waals surface area contributed by atoms with Gasteiger partial charge in [-0.25, -0.2) is 4.98 Å². The summed E-state index contributed by atoms with van der Waals surface area (Å²) in [5, 5.41) is 17.7. The Morgan fingerprint density at radius 3 is 2.64 bits per heavy atom. The smallest absolute Gasteiger partial charge is 0.393 e. The Balaban J connectivity index is 1.62. The summed E-state index contributed by atoms with van der Waals surface area (Å²) < 4.78 is 41.4. The Hall–Kier alpha value is -2.13. The number of nitrogens with one attached hydrogen (secondary N) is 1. The second kappa shape index (κ2) is 7.36. The largest absolute Gasteiger partial charge is 0.433 e. The number of aliphatic hydroxyl groups excluding tert-OH is 1. The monoisotopic (exact) mass is 454 g/mol. The minimum atomic E-state index is -4.56. The predicted molar refractivity (Wildman–Crippen MR) is 102 cm³/mol. The van der Waals surface area contributed by atoms with Crippen LogP contribution in [0.25, 0.3) is 5.65 Å². The van der Waals surface area contributed by atoms with Crippen molar-refractivity contribution in [2.24, 2.45) is 5.92 Å². The summed E-state index contributed by atoms with van der Waals surface area (Å²) >= 11 is 3.18. The first kappa shape index (κ1) is 19.2. The molecular formula is C19H18BrF3N4O. The van der Waals surface area contributed by atoms with Crippen LogP contribution in [-0.2, 0) is 6.18 Å². The number of halogens is 4. The van der Waals surface area contributed by atoms with Gasteiger partial charge in [0.25, 0.3) is 0 Å². The molecule has 0 spiro atoms. The molecule has 4 rings (SSSR count). The van der Waals surface area contributed by atoms with E-state index in [2.05, 4.69) is 31.3 Å². The van der Waals surface area contributed by atoms with Gasteiger partial charge < -0.3 is 10.4 Å². The van der Waals surface area contributed by atoms with Crippen molar-refractivity contribution in [3.8, 4) is 0 Å². The molecule has 0 aliphatic heterocycles. The SMILES string of the molecule is OC1CCC(c2ccccc2)C1CNc1cc(C(F)(F)F)nc2cc(Br)nn12. The van der Waals surface area contributed by atoms with Gasteiger partial charge in [0, 0.05) is 24.6 Å². The van der Waals surface area contributed by atoms with Crippen LogP contribution < -0.4 is 5.32 Å². The van der Waals surface area contributed by atoms with Crippen LogP contribution in [0.3, 0.4) is 0 Å². The number of benzene rings is 1. The molecule has 0 radical (unpaired) electrons. The number of aromatic nitrogens is 3. The third kappa shape index (κ3) is 3.73. The third-order valence-corrected chi connectivity index (χ3v) is 5.61. The fourth-order valence-electron chi connectivity index (χ4n) is 3.88. The van der Waals surface area contributed by atoms with Crippen LogP contribution in [0.15, 0.2) is 47.1 Å². The van der Waals surface area contributed by atoms with Crippen molar-refractivity contribution in [3.05, 3.63) is 58.3 Å². The summed E-state index contributed by atoms with van der Waals surface area (Å²) in [5.74, 6) is 0.223. The van der Waals surface area contributed by atoms with Gasteiger partial charge in [-0.1, -0.05) is 30.3 Å². The second-order valence-corrected chi connectivity index (χ2v) is 7.78. The Kier molecular flexibility index (Phi) is 5.05. The number of alkyl halides is 3. The molecule has 5 nitrogen and oxygen atoms in total. The maximum absolute atomic E-state index is 13.2. The molecule has 3 aromatic rings. The second-order valence-electron chi connectivity index (χ2n) is 6.97. The Morgan fingerprint density at radius 1 is 1.18 bits per heavy atom. The van der Waals surface area contributed by atoms with E-state index < -0.39 is 18.0 Å². The normalized spacial score (nSPS) is 22.7. The zero-order valence-electron chi connectivity index (χ0n) is 14.7. The lowest BCUT2D eigenvalue weighted by Gasteiger charge is -2.24. The highest BCUT2D eigenvalue weighted by Crippen LogP contribution is 2.40. The lowest BCUT2D eigenvalue weighted by Crippen LogP contribution is -2.27. The van der Waals surface area contributed by atoms with Crippen LogP contribution in [0, 0.1) is 5.92 Å². The average molecular weight is 455 g/mol. The molecule has 0 amide bonds. The van der Waals surface area contributed by atoms with E-state index in [-0.39, 0.29) is 23.3 Å². The summed E-state index contributed by atoms with van der Waals surface area (Å²) in [4.78, 5) is 3.64. The summed E-state index contributed by atoms with van der Waals surface area (Å²) in [6.45, 7) is 0.328. The number of aliphatic hydroxyl groups is 1. The van der Waals surface area contributed by atoms with E-state index in [9.17, 15) is 18.3 Å². The zero-order valence-corrected chi connectivity index (χ0v) is 16.3. The minimum Gasteiger partial charge on any atom is -0.393 e. The lowest BCUT2D eigenvalue weighted by molar-refractivity contribution is -0.141. The summed E-state index contributed by atoms with van der Waals surface area (Å²) in [7, 11) is 0. The van der Waals surface area contributed by atoms with E-state index in [4.69, 9.17) is 0 Å². The summed E-state index contributed by atoms with van der Waals surface area (Å²) in [5.41, 5.74) is 0.237. The van der Waals surface area contributed by atoms with Gasteiger partial charge in [-0.3, -0.25) is 0 Å². The van der Waals surface area contributed by atoms with Gasteiger partial charge in [-0.05, 0) is 40.3 Å². The van der Waals surface area contributed by atoms with Crippen molar-refractivity contribution >= 4 is 27.4 Å². The minimum absolute atomic E-state index is 0.0933. The molecule has 1 aromatic carbocycles. The molecular weight excluding hydrogens is 437 g/mol. The molecule has 9 heteroatoms. The van der Waals surface area contributed by atoms with Crippen LogP contribution in [-0.4, -0.2) is 32.4 Å². The molecule has 2 aromatic heterocycles. The molecule has 1 aliphatic rings. The summed E-state index contributed by atoms with van der Waals surface area (Å²) in [6, 6.07) is 12.3. The van der Waals surface area contributed by atoms with Crippen molar-refractivity contribution in [1.29, 1.82) is 0 Å². The molecule has 148 valence electrons. The third-order valence-electron chi connectivity index (χ3n) is 5.22. The fraction of sp³-hybridized carbons (Fsp3) is 0.368. The molecule has 3 unspecified atom stereocenters. The zero-order chi connectivity index (χ0) is 19.9. The molecule has 3 atom stereocenters. The average Bonchev–Trinajstić information content (AvgIpc) is 3.21. The molecule has 0 bridgehead atoms. The van der Waals surface area contributed by atoms with Crippen LogP contribution in [0.4, 0.5) is 19.0 Å².